The zero-order chi connectivity index (χ0) is 12.4. The molecule has 2 rings (SSSR count). The van der Waals surface area contributed by atoms with E-state index in [9.17, 15) is 10.2 Å². The zero-order valence-electron chi connectivity index (χ0n) is 10.0. The summed E-state index contributed by atoms with van der Waals surface area (Å²) in [4.78, 5) is 0. The Balaban J connectivity index is 2.51. The van der Waals surface area contributed by atoms with E-state index < -0.39 is 6.10 Å². The lowest BCUT2D eigenvalue weighted by Gasteiger charge is -2.11. The number of aliphatic hydroxyl groups is 1. The molecule has 0 aliphatic heterocycles. The maximum absolute atomic E-state index is 9.82. The average molecular weight is 228 g/mol. The normalized spacial score (nSPS) is 12.4. The number of para-hydroxylation sites is 1. The smallest absolute Gasteiger partial charge is 0.123 e. The van der Waals surface area contributed by atoms with Crippen LogP contribution in [0.25, 0.3) is 11.1 Å². The van der Waals surface area contributed by atoms with Gasteiger partial charge in [-0.05, 0) is 36.6 Å². The fourth-order valence-electron chi connectivity index (χ4n) is 1.95. The summed E-state index contributed by atoms with van der Waals surface area (Å²) in [6.45, 7) is 3.72. The van der Waals surface area contributed by atoms with Gasteiger partial charge in [0, 0.05) is 5.56 Å². The van der Waals surface area contributed by atoms with E-state index in [1.54, 1.807) is 19.1 Å². The molecule has 0 saturated carbocycles. The van der Waals surface area contributed by atoms with Crippen molar-refractivity contribution in [3.8, 4) is 16.9 Å². The highest BCUT2D eigenvalue weighted by molar-refractivity contribution is 5.73. The van der Waals surface area contributed by atoms with Crippen molar-refractivity contribution in [3.63, 3.8) is 0 Å². The van der Waals surface area contributed by atoms with Gasteiger partial charge < -0.3 is 10.2 Å². The number of phenolic OH excluding ortho intramolecular Hbond substituents is 1. The molecule has 88 valence electrons. The van der Waals surface area contributed by atoms with Crippen LogP contribution in [0.2, 0.25) is 0 Å². The molecular weight excluding hydrogens is 212 g/mol. The predicted molar refractivity (Wildman–Crippen MR) is 68.9 cm³/mol. The third-order valence-electron chi connectivity index (χ3n) is 2.93. The molecule has 0 heterocycles. The van der Waals surface area contributed by atoms with E-state index in [0.717, 1.165) is 22.3 Å². The minimum absolute atomic E-state index is 0.278. The number of aliphatic hydroxyl groups excluding tert-OH is 1. The molecule has 2 aromatic carbocycles. The van der Waals surface area contributed by atoms with Crippen molar-refractivity contribution < 1.29 is 10.2 Å². The molecule has 0 aliphatic rings. The predicted octanol–water partition coefficient (Wildman–Crippen LogP) is 3.42. The summed E-state index contributed by atoms with van der Waals surface area (Å²) in [6, 6.07) is 13.0. The Hall–Kier alpha value is -1.80. The minimum atomic E-state index is -0.466. The highest BCUT2D eigenvalue weighted by Crippen LogP contribution is 2.32. The molecule has 2 N–H and O–H groups in total. The lowest BCUT2D eigenvalue weighted by Crippen LogP contribution is -1.93. The van der Waals surface area contributed by atoms with E-state index in [4.69, 9.17) is 0 Å². The lowest BCUT2D eigenvalue weighted by atomic mass is 9.96. The zero-order valence-corrected chi connectivity index (χ0v) is 10.0. The van der Waals surface area contributed by atoms with Crippen LogP contribution in [-0.2, 0) is 0 Å². The van der Waals surface area contributed by atoms with Crippen molar-refractivity contribution in [2.45, 2.75) is 20.0 Å². The van der Waals surface area contributed by atoms with Gasteiger partial charge in [-0.15, -0.1) is 0 Å². The molecule has 0 radical (unpaired) electrons. The molecule has 17 heavy (non-hydrogen) atoms. The number of rotatable bonds is 2. The van der Waals surface area contributed by atoms with E-state index in [1.165, 1.54) is 0 Å². The summed E-state index contributed by atoms with van der Waals surface area (Å²) < 4.78 is 0. The molecule has 2 heteroatoms. The summed E-state index contributed by atoms with van der Waals surface area (Å²) in [7, 11) is 0. The van der Waals surface area contributed by atoms with Gasteiger partial charge >= 0.3 is 0 Å². The molecule has 2 nitrogen and oxygen atoms in total. The van der Waals surface area contributed by atoms with Crippen LogP contribution in [0.15, 0.2) is 42.5 Å². The van der Waals surface area contributed by atoms with Gasteiger partial charge in [-0.25, -0.2) is 0 Å². The maximum Gasteiger partial charge on any atom is 0.123 e. The van der Waals surface area contributed by atoms with Crippen LogP contribution in [0.1, 0.15) is 24.2 Å². The van der Waals surface area contributed by atoms with E-state index in [0.29, 0.717) is 0 Å². The molecule has 1 unspecified atom stereocenters. The van der Waals surface area contributed by atoms with Crippen LogP contribution < -0.4 is 0 Å². The van der Waals surface area contributed by atoms with E-state index in [-0.39, 0.29) is 5.75 Å². The second kappa shape index (κ2) is 4.60. The fraction of sp³-hybridized carbons (Fsp3) is 0.200. The highest BCUT2D eigenvalue weighted by atomic mass is 16.3. The molecule has 0 amide bonds. The number of hydrogen-bond donors (Lipinski definition) is 2. The Morgan fingerprint density at radius 2 is 1.71 bits per heavy atom. The van der Waals surface area contributed by atoms with Crippen molar-refractivity contribution in [2.75, 3.05) is 0 Å². The van der Waals surface area contributed by atoms with Crippen LogP contribution in [0.3, 0.4) is 0 Å². The van der Waals surface area contributed by atoms with Crippen LogP contribution in [0.4, 0.5) is 0 Å². The number of benzene rings is 2. The third-order valence-corrected chi connectivity index (χ3v) is 2.93. The number of aryl methyl sites for hydroxylation is 1. The number of hydrogen-bond acceptors (Lipinski definition) is 2. The first-order valence-corrected chi connectivity index (χ1v) is 5.66. The van der Waals surface area contributed by atoms with Crippen molar-refractivity contribution in [1.29, 1.82) is 0 Å². The summed E-state index contributed by atoms with van der Waals surface area (Å²) in [5.74, 6) is 0.278. The molecule has 0 aliphatic carbocycles. The molecule has 0 aromatic heterocycles. The Morgan fingerprint density at radius 1 is 1.00 bits per heavy atom. The first kappa shape index (κ1) is 11.7. The molecular formula is C15H16O2. The Labute approximate surface area is 101 Å². The Morgan fingerprint density at radius 3 is 2.29 bits per heavy atom. The molecule has 1 atom stereocenters. The molecule has 2 aromatic rings. The Bertz CT molecular complexity index is 530. The fourth-order valence-corrected chi connectivity index (χ4v) is 1.95. The quantitative estimate of drug-likeness (QED) is 0.826. The summed E-state index contributed by atoms with van der Waals surface area (Å²) in [5.41, 5.74) is 3.75. The third kappa shape index (κ3) is 2.32. The topological polar surface area (TPSA) is 40.5 Å². The standard InChI is InChI=1S/C15H16O2/c1-10-9-12(11(2)16)7-8-13(10)14-5-3-4-6-15(14)17/h3-9,11,16-17H,1-2H3. The Kier molecular flexibility index (Phi) is 3.16. The summed E-state index contributed by atoms with van der Waals surface area (Å²) in [5, 5.41) is 19.3. The summed E-state index contributed by atoms with van der Waals surface area (Å²) in [6.07, 6.45) is -0.466. The van der Waals surface area contributed by atoms with Crippen LogP contribution in [-0.4, -0.2) is 10.2 Å². The van der Waals surface area contributed by atoms with Crippen molar-refractivity contribution in [1.82, 2.24) is 0 Å². The average Bonchev–Trinajstić information content (AvgIpc) is 2.30. The van der Waals surface area contributed by atoms with Gasteiger partial charge in [-0.1, -0.05) is 36.4 Å². The maximum atomic E-state index is 9.82. The number of phenols is 1. The largest absolute Gasteiger partial charge is 0.507 e. The van der Waals surface area contributed by atoms with E-state index in [2.05, 4.69) is 0 Å². The molecule has 0 spiro atoms. The van der Waals surface area contributed by atoms with E-state index >= 15 is 0 Å². The summed E-state index contributed by atoms with van der Waals surface area (Å²) >= 11 is 0. The van der Waals surface area contributed by atoms with Crippen molar-refractivity contribution >= 4 is 0 Å². The van der Waals surface area contributed by atoms with Gasteiger partial charge in [-0.2, -0.15) is 0 Å². The minimum Gasteiger partial charge on any atom is -0.507 e. The molecule has 0 bridgehead atoms. The molecule has 0 saturated heterocycles. The highest BCUT2D eigenvalue weighted by Gasteiger charge is 2.08. The first-order chi connectivity index (χ1) is 8.09. The van der Waals surface area contributed by atoms with Crippen LogP contribution in [0.5, 0.6) is 5.75 Å². The van der Waals surface area contributed by atoms with Gasteiger partial charge in [0.15, 0.2) is 0 Å². The van der Waals surface area contributed by atoms with Crippen molar-refractivity contribution in [3.05, 3.63) is 53.6 Å². The first-order valence-electron chi connectivity index (χ1n) is 5.66. The van der Waals surface area contributed by atoms with Gasteiger partial charge in [0.2, 0.25) is 0 Å². The van der Waals surface area contributed by atoms with Crippen molar-refractivity contribution in [2.24, 2.45) is 0 Å². The lowest BCUT2D eigenvalue weighted by molar-refractivity contribution is 0.199. The van der Waals surface area contributed by atoms with Gasteiger partial charge in [0.05, 0.1) is 6.10 Å². The van der Waals surface area contributed by atoms with Crippen LogP contribution in [0, 0.1) is 6.92 Å². The van der Waals surface area contributed by atoms with Gasteiger partial charge in [-0.3, -0.25) is 0 Å². The second-order valence-electron chi connectivity index (χ2n) is 4.27. The van der Waals surface area contributed by atoms with Gasteiger partial charge in [0.1, 0.15) is 5.75 Å². The SMILES string of the molecule is Cc1cc(C(C)O)ccc1-c1ccccc1O. The van der Waals surface area contributed by atoms with Gasteiger partial charge in [0.25, 0.3) is 0 Å². The van der Waals surface area contributed by atoms with Crippen LogP contribution >= 0.6 is 0 Å². The monoisotopic (exact) mass is 228 g/mol. The number of aromatic hydroxyl groups is 1. The second-order valence-corrected chi connectivity index (χ2v) is 4.27. The molecule has 0 fully saturated rings. The van der Waals surface area contributed by atoms with E-state index in [1.807, 2.05) is 37.3 Å².